The molecule has 4 rings (SSSR count). The summed E-state index contributed by atoms with van der Waals surface area (Å²) < 4.78 is 39.3. The lowest BCUT2D eigenvalue weighted by Crippen LogP contribution is -2.03. The van der Waals surface area contributed by atoms with Crippen LogP contribution in [-0.2, 0) is 30.2 Å². The van der Waals surface area contributed by atoms with E-state index in [-0.39, 0.29) is 6.42 Å². The van der Waals surface area contributed by atoms with E-state index in [0.29, 0.717) is 29.0 Å². The van der Waals surface area contributed by atoms with E-state index in [9.17, 15) is 18.0 Å². The van der Waals surface area contributed by atoms with Crippen LogP contribution < -0.4 is 0 Å². The number of aliphatic carboxylic acids is 1. The molecule has 0 bridgehead atoms. The van der Waals surface area contributed by atoms with Crippen molar-refractivity contribution in [2.24, 2.45) is 0 Å². The third-order valence-electron chi connectivity index (χ3n) is 4.81. The number of hydrogen-bond donors (Lipinski definition) is 1. The summed E-state index contributed by atoms with van der Waals surface area (Å²) in [6, 6.07) is 10.6. The molecule has 2 aromatic heterocycles. The van der Waals surface area contributed by atoms with Gasteiger partial charge in [-0.3, -0.25) is 4.79 Å². The summed E-state index contributed by atoms with van der Waals surface area (Å²) in [6.45, 7) is 1.89. The predicted octanol–water partition coefficient (Wildman–Crippen LogP) is 6.16. The maximum atomic E-state index is 12.8. The molecule has 0 aliphatic heterocycles. The fourth-order valence-electron chi connectivity index (χ4n) is 3.27. The number of halogens is 3. The monoisotopic (exact) mass is 462 g/mol. The predicted molar refractivity (Wildman–Crippen MR) is 116 cm³/mol. The molecule has 2 aromatic carbocycles. The smallest absolute Gasteiger partial charge is 0.416 e. The van der Waals surface area contributed by atoms with Crippen molar-refractivity contribution in [3.05, 3.63) is 69.2 Å². The second-order valence-corrected chi connectivity index (χ2v) is 9.24. The summed E-state index contributed by atoms with van der Waals surface area (Å²) in [5.41, 5.74) is 2.27. The molecule has 0 fully saturated rings. The van der Waals surface area contributed by atoms with Gasteiger partial charge in [0.25, 0.3) is 0 Å². The first-order valence-electron chi connectivity index (χ1n) is 9.44. The lowest BCUT2D eigenvalue weighted by atomic mass is 10.1. The fourth-order valence-corrected chi connectivity index (χ4v) is 5.35. The second-order valence-electron chi connectivity index (χ2n) is 7.04. The van der Waals surface area contributed by atoms with Crippen molar-refractivity contribution >= 4 is 38.9 Å². The van der Waals surface area contributed by atoms with E-state index in [2.05, 4.69) is 9.97 Å². The minimum Gasteiger partial charge on any atom is -0.481 e. The van der Waals surface area contributed by atoms with Gasteiger partial charge in [-0.15, -0.1) is 22.7 Å². The average molecular weight is 463 g/mol. The zero-order chi connectivity index (χ0) is 22.2. The van der Waals surface area contributed by atoms with E-state index in [0.717, 1.165) is 37.9 Å². The summed E-state index contributed by atoms with van der Waals surface area (Å²) >= 11 is 3.01. The van der Waals surface area contributed by atoms with Crippen LogP contribution in [0.4, 0.5) is 13.2 Å². The average Bonchev–Trinajstić information content (AvgIpc) is 3.29. The van der Waals surface area contributed by atoms with E-state index >= 15 is 0 Å². The van der Waals surface area contributed by atoms with Gasteiger partial charge in [-0.2, -0.15) is 13.2 Å². The Balaban J connectivity index is 1.51. The number of aromatic nitrogens is 2. The molecular formula is C22H17F3N2O2S2. The number of alkyl halides is 3. The molecule has 9 heteroatoms. The highest BCUT2D eigenvalue weighted by atomic mass is 32.1. The van der Waals surface area contributed by atoms with Gasteiger partial charge in [-0.1, -0.05) is 24.3 Å². The molecule has 0 atom stereocenters. The standard InChI is InChI=1S/C22H17F3N2O2S2/c1-12-16(31-21(26-12)13-5-7-15(8-6-13)22(23,24)25)9-10-18-27-20-14(11-19(28)29)3-2-4-17(20)30-18/h2-8H,9-11H2,1H3,(H,28,29). The Morgan fingerprint density at radius 3 is 2.45 bits per heavy atom. The van der Waals surface area contributed by atoms with E-state index in [1.165, 1.54) is 23.5 Å². The van der Waals surface area contributed by atoms with E-state index < -0.39 is 17.7 Å². The Labute approximate surface area is 184 Å². The first kappa shape index (κ1) is 21.5. The van der Waals surface area contributed by atoms with Crippen molar-refractivity contribution in [3.63, 3.8) is 0 Å². The van der Waals surface area contributed by atoms with Gasteiger partial charge in [0, 0.05) is 16.9 Å². The third-order valence-corrected chi connectivity index (χ3v) is 7.15. The Morgan fingerprint density at radius 1 is 1.03 bits per heavy atom. The summed E-state index contributed by atoms with van der Waals surface area (Å²) in [6.07, 6.45) is -3.03. The topological polar surface area (TPSA) is 63.1 Å². The number of carbonyl (C=O) groups is 1. The summed E-state index contributed by atoms with van der Waals surface area (Å²) in [4.78, 5) is 21.3. The van der Waals surface area contributed by atoms with Gasteiger partial charge < -0.3 is 5.11 Å². The number of hydrogen-bond acceptors (Lipinski definition) is 5. The van der Waals surface area contributed by atoms with Gasteiger partial charge in [0.05, 0.1) is 32.9 Å². The van der Waals surface area contributed by atoms with Crippen LogP contribution in [0, 0.1) is 6.92 Å². The molecule has 0 saturated heterocycles. The molecule has 2 heterocycles. The first-order valence-corrected chi connectivity index (χ1v) is 11.1. The lowest BCUT2D eigenvalue weighted by Gasteiger charge is -2.06. The van der Waals surface area contributed by atoms with Gasteiger partial charge in [-0.05, 0) is 37.1 Å². The van der Waals surface area contributed by atoms with Crippen LogP contribution in [0.15, 0.2) is 42.5 Å². The van der Waals surface area contributed by atoms with Crippen LogP contribution in [0.25, 0.3) is 20.8 Å². The molecular weight excluding hydrogens is 445 g/mol. The van der Waals surface area contributed by atoms with Gasteiger partial charge in [0.1, 0.15) is 5.01 Å². The van der Waals surface area contributed by atoms with Gasteiger partial charge >= 0.3 is 12.1 Å². The maximum absolute atomic E-state index is 12.8. The van der Waals surface area contributed by atoms with E-state index in [1.807, 2.05) is 19.1 Å². The molecule has 0 unspecified atom stereocenters. The SMILES string of the molecule is Cc1nc(-c2ccc(C(F)(F)F)cc2)sc1CCc1nc2c(CC(=O)O)cccc2s1. The van der Waals surface area contributed by atoms with Gasteiger partial charge in [0.2, 0.25) is 0 Å². The molecule has 1 N–H and O–H groups in total. The van der Waals surface area contributed by atoms with Crippen LogP contribution in [0.3, 0.4) is 0 Å². The molecule has 0 amide bonds. The Morgan fingerprint density at radius 2 is 1.77 bits per heavy atom. The highest BCUT2D eigenvalue weighted by Gasteiger charge is 2.30. The number of carboxylic acids is 1. The Kier molecular flexibility index (Phi) is 5.81. The molecule has 0 radical (unpaired) electrons. The zero-order valence-electron chi connectivity index (χ0n) is 16.4. The zero-order valence-corrected chi connectivity index (χ0v) is 18.0. The highest BCUT2D eigenvalue weighted by molar-refractivity contribution is 7.18. The number of thiazole rings is 2. The number of fused-ring (bicyclic) bond motifs is 1. The van der Waals surface area contributed by atoms with Gasteiger partial charge in [0.15, 0.2) is 0 Å². The summed E-state index contributed by atoms with van der Waals surface area (Å²) in [5.74, 6) is -0.891. The number of aryl methyl sites for hydroxylation is 3. The van der Waals surface area contributed by atoms with Crippen LogP contribution in [0.2, 0.25) is 0 Å². The summed E-state index contributed by atoms with van der Waals surface area (Å²) in [5, 5.41) is 10.7. The number of carboxylic acid groups (broad SMARTS) is 1. The lowest BCUT2D eigenvalue weighted by molar-refractivity contribution is -0.138. The number of nitrogens with zero attached hydrogens (tertiary/aromatic N) is 2. The number of benzene rings is 2. The molecule has 4 nitrogen and oxygen atoms in total. The quantitative estimate of drug-likeness (QED) is 0.373. The molecule has 0 spiro atoms. The number of rotatable bonds is 6. The largest absolute Gasteiger partial charge is 0.481 e. The Bertz CT molecular complexity index is 1240. The maximum Gasteiger partial charge on any atom is 0.416 e. The van der Waals surface area contributed by atoms with Crippen molar-refractivity contribution in [2.75, 3.05) is 0 Å². The molecule has 0 aliphatic rings. The first-order chi connectivity index (χ1) is 14.7. The molecule has 0 aliphatic carbocycles. The van der Waals surface area contributed by atoms with Crippen molar-refractivity contribution in [3.8, 4) is 10.6 Å². The number of para-hydroxylation sites is 1. The highest BCUT2D eigenvalue weighted by Crippen LogP contribution is 2.34. The third kappa shape index (κ3) is 4.77. The Hall–Kier alpha value is -2.78. The van der Waals surface area contributed by atoms with Crippen LogP contribution in [0.5, 0.6) is 0 Å². The van der Waals surface area contributed by atoms with E-state index in [4.69, 9.17) is 5.11 Å². The minimum absolute atomic E-state index is 0.0645. The van der Waals surface area contributed by atoms with Crippen LogP contribution in [0.1, 0.15) is 26.7 Å². The summed E-state index contributed by atoms with van der Waals surface area (Å²) in [7, 11) is 0. The fraction of sp³-hybridized carbons (Fsp3) is 0.227. The van der Waals surface area contributed by atoms with E-state index in [1.54, 1.807) is 17.4 Å². The van der Waals surface area contributed by atoms with Crippen molar-refractivity contribution in [1.29, 1.82) is 0 Å². The second kappa shape index (κ2) is 8.39. The van der Waals surface area contributed by atoms with Crippen molar-refractivity contribution < 1.29 is 23.1 Å². The minimum atomic E-state index is -4.36. The molecule has 4 aromatic rings. The van der Waals surface area contributed by atoms with Crippen molar-refractivity contribution in [1.82, 2.24) is 9.97 Å². The molecule has 160 valence electrons. The van der Waals surface area contributed by atoms with Crippen LogP contribution in [-0.4, -0.2) is 21.0 Å². The van der Waals surface area contributed by atoms with Crippen molar-refractivity contribution in [2.45, 2.75) is 32.4 Å². The normalized spacial score (nSPS) is 11.9. The molecule has 0 saturated carbocycles. The van der Waals surface area contributed by atoms with Crippen LogP contribution >= 0.6 is 22.7 Å². The molecule has 31 heavy (non-hydrogen) atoms. The van der Waals surface area contributed by atoms with Gasteiger partial charge in [-0.25, -0.2) is 9.97 Å².